The fourth-order valence-electron chi connectivity index (χ4n) is 3.24. The number of nitrogens with one attached hydrogen (secondary N) is 1. The standard InChI is InChI=1S/C19H26N4O2/c24-18(12-6-10-16-8-2-1-3-9-16)20-13-7-15-23-19(25)22-14-5-4-11-17(22)21-23/h1-3,8-9H,4-7,10-15H2,(H,20,24). The Bertz CT molecular complexity index is 749. The van der Waals surface area contributed by atoms with Crippen LogP contribution in [0.2, 0.25) is 0 Å². The van der Waals surface area contributed by atoms with Crippen molar-refractivity contribution in [3.8, 4) is 0 Å². The van der Waals surface area contributed by atoms with Crippen LogP contribution in [0.4, 0.5) is 0 Å². The molecule has 0 unspecified atom stereocenters. The van der Waals surface area contributed by atoms with E-state index in [9.17, 15) is 9.59 Å². The van der Waals surface area contributed by atoms with Crippen molar-refractivity contribution in [2.75, 3.05) is 6.54 Å². The summed E-state index contributed by atoms with van der Waals surface area (Å²) in [5.74, 6) is 0.980. The molecule has 1 aliphatic rings. The molecule has 0 aliphatic carbocycles. The Balaban J connectivity index is 1.34. The molecule has 0 bridgehead atoms. The maximum Gasteiger partial charge on any atom is 0.345 e. The van der Waals surface area contributed by atoms with Crippen LogP contribution in [0.1, 0.15) is 43.5 Å². The molecule has 6 heteroatoms. The molecule has 1 aliphatic heterocycles. The molecule has 0 spiro atoms. The van der Waals surface area contributed by atoms with Crippen LogP contribution in [0, 0.1) is 0 Å². The number of rotatable bonds is 8. The Morgan fingerprint density at radius 1 is 1.16 bits per heavy atom. The summed E-state index contributed by atoms with van der Waals surface area (Å²) in [6, 6.07) is 10.2. The molecule has 0 saturated heterocycles. The second kappa shape index (κ2) is 8.65. The zero-order valence-corrected chi connectivity index (χ0v) is 14.6. The second-order valence-electron chi connectivity index (χ2n) is 6.57. The molecular weight excluding hydrogens is 316 g/mol. The molecule has 3 rings (SSSR count). The molecule has 1 aromatic heterocycles. The van der Waals surface area contributed by atoms with E-state index < -0.39 is 0 Å². The first-order chi connectivity index (χ1) is 12.2. The molecule has 1 N–H and O–H groups in total. The molecule has 2 heterocycles. The van der Waals surface area contributed by atoms with E-state index >= 15 is 0 Å². The second-order valence-corrected chi connectivity index (χ2v) is 6.57. The number of aryl methyl sites for hydroxylation is 3. The van der Waals surface area contributed by atoms with E-state index in [4.69, 9.17) is 0 Å². The van der Waals surface area contributed by atoms with Gasteiger partial charge in [0.1, 0.15) is 5.82 Å². The van der Waals surface area contributed by atoms with E-state index in [1.54, 1.807) is 9.25 Å². The number of aromatic nitrogens is 3. The van der Waals surface area contributed by atoms with Crippen LogP contribution in [-0.4, -0.2) is 26.8 Å². The predicted octanol–water partition coefficient (Wildman–Crippen LogP) is 1.91. The van der Waals surface area contributed by atoms with Crippen LogP contribution in [0.5, 0.6) is 0 Å². The highest BCUT2D eigenvalue weighted by Gasteiger charge is 2.16. The lowest BCUT2D eigenvalue weighted by Gasteiger charge is -2.09. The minimum atomic E-state index is -0.0103. The summed E-state index contributed by atoms with van der Waals surface area (Å²) in [7, 11) is 0. The van der Waals surface area contributed by atoms with Crippen molar-refractivity contribution in [2.45, 2.75) is 58.0 Å². The zero-order valence-electron chi connectivity index (χ0n) is 14.6. The monoisotopic (exact) mass is 342 g/mol. The average Bonchev–Trinajstić information content (AvgIpc) is 2.96. The number of hydrogen-bond acceptors (Lipinski definition) is 3. The van der Waals surface area contributed by atoms with Gasteiger partial charge in [0, 0.05) is 32.5 Å². The van der Waals surface area contributed by atoms with E-state index in [2.05, 4.69) is 22.5 Å². The summed E-state index contributed by atoms with van der Waals surface area (Å²) in [6.07, 6.45) is 6.08. The van der Waals surface area contributed by atoms with Gasteiger partial charge >= 0.3 is 5.69 Å². The minimum absolute atomic E-state index is 0.0103. The Hall–Kier alpha value is -2.37. The molecule has 1 aromatic carbocycles. The van der Waals surface area contributed by atoms with Gasteiger partial charge in [0.25, 0.3) is 0 Å². The lowest BCUT2D eigenvalue weighted by molar-refractivity contribution is -0.121. The summed E-state index contributed by atoms with van der Waals surface area (Å²) < 4.78 is 3.33. The number of hydrogen-bond donors (Lipinski definition) is 1. The number of carbonyl (C=O) groups is 1. The fraction of sp³-hybridized carbons (Fsp3) is 0.526. The van der Waals surface area contributed by atoms with Gasteiger partial charge in [-0.05, 0) is 37.7 Å². The first-order valence-electron chi connectivity index (χ1n) is 9.21. The van der Waals surface area contributed by atoms with E-state index in [0.717, 1.165) is 50.9 Å². The van der Waals surface area contributed by atoms with Gasteiger partial charge in [0.15, 0.2) is 0 Å². The Morgan fingerprint density at radius 3 is 2.80 bits per heavy atom. The number of benzene rings is 1. The Morgan fingerprint density at radius 2 is 2.00 bits per heavy atom. The van der Waals surface area contributed by atoms with Crippen LogP contribution >= 0.6 is 0 Å². The summed E-state index contributed by atoms with van der Waals surface area (Å²) in [5, 5.41) is 7.34. The van der Waals surface area contributed by atoms with Gasteiger partial charge in [-0.1, -0.05) is 30.3 Å². The highest BCUT2D eigenvalue weighted by atomic mass is 16.2. The van der Waals surface area contributed by atoms with Crippen LogP contribution in [-0.2, 0) is 30.7 Å². The Labute approximate surface area is 147 Å². The summed E-state index contributed by atoms with van der Waals surface area (Å²) in [5.41, 5.74) is 1.25. The largest absolute Gasteiger partial charge is 0.356 e. The van der Waals surface area contributed by atoms with Gasteiger partial charge < -0.3 is 5.32 Å². The van der Waals surface area contributed by atoms with Crippen molar-refractivity contribution < 1.29 is 4.79 Å². The molecule has 0 saturated carbocycles. The van der Waals surface area contributed by atoms with Gasteiger partial charge in [0.05, 0.1) is 0 Å². The third-order valence-corrected chi connectivity index (χ3v) is 4.61. The number of amides is 1. The number of nitrogens with zero attached hydrogens (tertiary/aromatic N) is 3. The third kappa shape index (κ3) is 4.81. The molecule has 25 heavy (non-hydrogen) atoms. The van der Waals surface area contributed by atoms with Gasteiger partial charge in [-0.25, -0.2) is 9.48 Å². The molecule has 1 amide bonds. The van der Waals surface area contributed by atoms with E-state index in [1.807, 2.05) is 18.2 Å². The minimum Gasteiger partial charge on any atom is -0.356 e. The molecule has 0 radical (unpaired) electrons. The topological polar surface area (TPSA) is 68.9 Å². The average molecular weight is 342 g/mol. The van der Waals surface area contributed by atoms with Gasteiger partial charge in [-0.2, -0.15) is 5.10 Å². The van der Waals surface area contributed by atoms with Crippen LogP contribution in [0.15, 0.2) is 35.1 Å². The van der Waals surface area contributed by atoms with Crippen molar-refractivity contribution >= 4 is 5.91 Å². The number of carbonyl (C=O) groups excluding carboxylic acids is 1. The molecule has 0 atom stereocenters. The van der Waals surface area contributed by atoms with Crippen LogP contribution < -0.4 is 11.0 Å². The van der Waals surface area contributed by atoms with Gasteiger partial charge in [0.2, 0.25) is 5.91 Å². The van der Waals surface area contributed by atoms with E-state index in [-0.39, 0.29) is 11.6 Å². The first-order valence-corrected chi connectivity index (χ1v) is 9.21. The first kappa shape index (κ1) is 17.5. The third-order valence-electron chi connectivity index (χ3n) is 4.61. The summed E-state index contributed by atoms with van der Waals surface area (Å²) in [6.45, 7) is 1.92. The normalized spacial score (nSPS) is 13.4. The smallest absolute Gasteiger partial charge is 0.345 e. The summed E-state index contributed by atoms with van der Waals surface area (Å²) >= 11 is 0. The maximum atomic E-state index is 12.2. The fourth-order valence-corrected chi connectivity index (χ4v) is 3.24. The van der Waals surface area contributed by atoms with Gasteiger partial charge in [-0.15, -0.1) is 0 Å². The van der Waals surface area contributed by atoms with Crippen molar-refractivity contribution in [1.29, 1.82) is 0 Å². The van der Waals surface area contributed by atoms with E-state index in [0.29, 0.717) is 19.5 Å². The van der Waals surface area contributed by atoms with Crippen molar-refractivity contribution in [1.82, 2.24) is 19.7 Å². The predicted molar refractivity (Wildman–Crippen MR) is 96.4 cm³/mol. The zero-order chi connectivity index (χ0) is 17.5. The van der Waals surface area contributed by atoms with Crippen molar-refractivity contribution in [3.63, 3.8) is 0 Å². The Kier molecular flexibility index (Phi) is 6.04. The van der Waals surface area contributed by atoms with Gasteiger partial charge in [-0.3, -0.25) is 9.36 Å². The number of fused-ring (bicyclic) bond motifs is 1. The molecular formula is C19H26N4O2. The molecule has 0 fully saturated rings. The highest BCUT2D eigenvalue weighted by molar-refractivity contribution is 5.75. The van der Waals surface area contributed by atoms with E-state index in [1.165, 1.54) is 5.56 Å². The van der Waals surface area contributed by atoms with Crippen molar-refractivity contribution in [2.24, 2.45) is 0 Å². The molecule has 6 nitrogen and oxygen atoms in total. The SMILES string of the molecule is O=C(CCCc1ccccc1)NCCCn1nc2n(c1=O)CCCC2. The van der Waals surface area contributed by atoms with Crippen LogP contribution in [0.25, 0.3) is 0 Å². The quantitative estimate of drug-likeness (QED) is 0.745. The maximum absolute atomic E-state index is 12.2. The molecule has 134 valence electrons. The van der Waals surface area contributed by atoms with Crippen molar-refractivity contribution in [3.05, 3.63) is 52.2 Å². The highest BCUT2D eigenvalue weighted by Crippen LogP contribution is 2.09. The lowest BCUT2D eigenvalue weighted by Crippen LogP contribution is -2.29. The van der Waals surface area contributed by atoms with Crippen LogP contribution in [0.3, 0.4) is 0 Å². The lowest BCUT2D eigenvalue weighted by atomic mass is 10.1. The summed E-state index contributed by atoms with van der Waals surface area (Å²) in [4.78, 5) is 24.1. The molecule has 2 aromatic rings.